The third-order valence-corrected chi connectivity index (χ3v) is 4.33. The number of hydrogen-bond donors (Lipinski definition) is 1. The highest BCUT2D eigenvalue weighted by Gasteiger charge is 2.18. The lowest BCUT2D eigenvalue weighted by molar-refractivity contribution is 0.290. The monoisotopic (exact) mass is 335 g/mol. The molecule has 0 spiro atoms. The molecule has 0 amide bonds. The lowest BCUT2D eigenvalue weighted by atomic mass is 9.93. The van der Waals surface area contributed by atoms with E-state index >= 15 is 4.39 Å². The first-order chi connectivity index (χ1) is 12.2. The van der Waals surface area contributed by atoms with Crippen LogP contribution >= 0.6 is 0 Å². The van der Waals surface area contributed by atoms with E-state index in [9.17, 15) is 0 Å². The Labute approximate surface area is 148 Å². The molecule has 0 aliphatic carbocycles. The zero-order chi connectivity index (χ0) is 17.6. The minimum absolute atomic E-state index is 0.0968. The fraction of sp³-hybridized carbons (Fsp3) is 0.182. The van der Waals surface area contributed by atoms with Gasteiger partial charge in [-0.2, -0.15) is 0 Å². The molecule has 0 atom stereocenters. The van der Waals surface area contributed by atoms with Crippen LogP contribution in [0, 0.1) is 5.82 Å². The number of benzene rings is 3. The lowest BCUT2D eigenvalue weighted by Gasteiger charge is -2.22. The van der Waals surface area contributed by atoms with Crippen molar-refractivity contribution in [2.75, 3.05) is 25.1 Å². The number of anilines is 1. The zero-order valence-electron chi connectivity index (χ0n) is 14.3. The van der Waals surface area contributed by atoms with Crippen molar-refractivity contribution in [1.82, 2.24) is 0 Å². The largest absolute Gasteiger partial charge is 0.396 e. The summed E-state index contributed by atoms with van der Waals surface area (Å²) in [6, 6.07) is 23.3. The fourth-order valence-electron chi connectivity index (χ4n) is 3.03. The van der Waals surface area contributed by atoms with Gasteiger partial charge in [0.2, 0.25) is 0 Å². The van der Waals surface area contributed by atoms with Gasteiger partial charge in [-0.15, -0.1) is 0 Å². The molecule has 3 rings (SSSR count). The summed E-state index contributed by atoms with van der Waals surface area (Å²) in [6.07, 6.45) is 0.608. The zero-order valence-corrected chi connectivity index (χ0v) is 14.3. The second-order valence-electron chi connectivity index (χ2n) is 6.05. The molecule has 0 saturated carbocycles. The van der Waals surface area contributed by atoms with E-state index in [0.717, 1.165) is 16.7 Å². The van der Waals surface area contributed by atoms with Crippen molar-refractivity contribution < 1.29 is 9.50 Å². The van der Waals surface area contributed by atoms with Gasteiger partial charge in [-0.3, -0.25) is 0 Å². The van der Waals surface area contributed by atoms with Crippen molar-refractivity contribution in [2.24, 2.45) is 0 Å². The van der Waals surface area contributed by atoms with Crippen molar-refractivity contribution in [1.29, 1.82) is 0 Å². The Morgan fingerprint density at radius 2 is 1.44 bits per heavy atom. The van der Waals surface area contributed by atoms with Crippen LogP contribution in [0.2, 0.25) is 0 Å². The van der Waals surface area contributed by atoms with Crippen LogP contribution in [0.3, 0.4) is 0 Å². The third-order valence-electron chi connectivity index (χ3n) is 4.33. The Morgan fingerprint density at radius 3 is 2.04 bits per heavy atom. The van der Waals surface area contributed by atoms with Crippen LogP contribution in [0.4, 0.5) is 10.1 Å². The van der Waals surface area contributed by atoms with E-state index in [0.29, 0.717) is 24.2 Å². The Balaban J connectivity index is 2.16. The van der Waals surface area contributed by atoms with Crippen LogP contribution in [0.5, 0.6) is 0 Å². The van der Waals surface area contributed by atoms with E-state index in [4.69, 9.17) is 5.11 Å². The quantitative estimate of drug-likeness (QED) is 0.687. The molecule has 0 bridgehead atoms. The Bertz CT molecular complexity index is 818. The minimum atomic E-state index is -0.229. The molecule has 25 heavy (non-hydrogen) atoms. The lowest BCUT2D eigenvalue weighted by Crippen LogP contribution is -2.20. The van der Waals surface area contributed by atoms with Crippen LogP contribution in [0.1, 0.15) is 6.42 Å². The first-order valence-electron chi connectivity index (χ1n) is 8.47. The first kappa shape index (κ1) is 17.2. The van der Waals surface area contributed by atoms with E-state index in [1.807, 2.05) is 84.7 Å². The molecule has 128 valence electrons. The summed E-state index contributed by atoms with van der Waals surface area (Å²) in [5.41, 5.74) is 3.89. The van der Waals surface area contributed by atoms with E-state index in [2.05, 4.69) is 0 Å². The van der Waals surface area contributed by atoms with Crippen molar-refractivity contribution in [2.45, 2.75) is 6.42 Å². The van der Waals surface area contributed by atoms with Gasteiger partial charge in [-0.25, -0.2) is 4.39 Å². The Morgan fingerprint density at radius 1 is 0.840 bits per heavy atom. The van der Waals surface area contributed by atoms with Gasteiger partial charge in [0.1, 0.15) is 0 Å². The fourth-order valence-corrected chi connectivity index (χ4v) is 3.03. The molecule has 0 fully saturated rings. The predicted molar refractivity (Wildman–Crippen MR) is 102 cm³/mol. The molecule has 1 N–H and O–H groups in total. The number of hydrogen-bond acceptors (Lipinski definition) is 2. The van der Waals surface area contributed by atoms with Crippen LogP contribution in [0.15, 0.2) is 72.8 Å². The average Bonchev–Trinajstić information content (AvgIpc) is 2.67. The van der Waals surface area contributed by atoms with Crippen molar-refractivity contribution in [3.63, 3.8) is 0 Å². The molecule has 0 unspecified atom stereocenters. The number of rotatable bonds is 6. The molecule has 0 aliphatic heterocycles. The van der Waals surface area contributed by atoms with Gasteiger partial charge in [0.25, 0.3) is 0 Å². The molecule has 3 aromatic carbocycles. The normalized spacial score (nSPS) is 10.7. The summed E-state index contributed by atoms with van der Waals surface area (Å²) in [5.74, 6) is -0.229. The van der Waals surface area contributed by atoms with Gasteiger partial charge in [-0.05, 0) is 29.2 Å². The summed E-state index contributed by atoms with van der Waals surface area (Å²) in [7, 11) is 1.85. The average molecular weight is 335 g/mol. The second kappa shape index (κ2) is 7.95. The SMILES string of the molecule is CN(CCCO)c1ccc(-c2ccccc2)c(-c2ccccc2)c1F. The molecule has 3 heteroatoms. The number of aliphatic hydroxyl groups excluding tert-OH is 1. The van der Waals surface area contributed by atoms with Gasteiger partial charge in [0.15, 0.2) is 5.82 Å². The van der Waals surface area contributed by atoms with Crippen molar-refractivity contribution in [3.8, 4) is 22.3 Å². The van der Waals surface area contributed by atoms with Gasteiger partial charge in [0, 0.05) is 25.8 Å². The molecule has 0 saturated heterocycles. The summed E-state index contributed by atoms with van der Waals surface area (Å²) < 4.78 is 15.5. The Hall–Kier alpha value is -2.65. The summed E-state index contributed by atoms with van der Waals surface area (Å²) in [5, 5.41) is 9.04. The van der Waals surface area contributed by atoms with Crippen LogP contribution < -0.4 is 4.90 Å². The van der Waals surface area contributed by atoms with Crippen LogP contribution in [-0.4, -0.2) is 25.3 Å². The third kappa shape index (κ3) is 3.72. The molecule has 3 aromatic rings. The molecular weight excluding hydrogens is 313 g/mol. The van der Waals surface area contributed by atoms with Gasteiger partial charge < -0.3 is 10.0 Å². The summed E-state index contributed by atoms with van der Waals surface area (Å²) in [4.78, 5) is 1.85. The second-order valence-corrected chi connectivity index (χ2v) is 6.05. The highest BCUT2D eigenvalue weighted by Crippen LogP contribution is 2.38. The molecule has 0 heterocycles. The molecule has 0 radical (unpaired) electrons. The number of aliphatic hydroxyl groups is 1. The van der Waals surface area contributed by atoms with E-state index in [1.165, 1.54) is 0 Å². The highest BCUT2D eigenvalue weighted by molar-refractivity contribution is 5.86. The van der Waals surface area contributed by atoms with Crippen molar-refractivity contribution >= 4 is 5.69 Å². The molecule has 0 aliphatic rings. The minimum Gasteiger partial charge on any atom is -0.396 e. The van der Waals surface area contributed by atoms with E-state index < -0.39 is 0 Å². The molecular formula is C22H22FNO. The van der Waals surface area contributed by atoms with E-state index in [-0.39, 0.29) is 12.4 Å². The van der Waals surface area contributed by atoms with Crippen LogP contribution in [-0.2, 0) is 0 Å². The molecule has 0 aromatic heterocycles. The highest BCUT2D eigenvalue weighted by atomic mass is 19.1. The maximum atomic E-state index is 15.5. The van der Waals surface area contributed by atoms with Crippen molar-refractivity contribution in [3.05, 3.63) is 78.6 Å². The number of nitrogens with zero attached hydrogens (tertiary/aromatic N) is 1. The van der Waals surface area contributed by atoms with Gasteiger partial charge in [0.05, 0.1) is 5.69 Å². The Kier molecular flexibility index (Phi) is 5.46. The predicted octanol–water partition coefficient (Wildman–Crippen LogP) is 4.98. The van der Waals surface area contributed by atoms with Gasteiger partial charge in [-0.1, -0.05) is 66.7 Å². The summed E-state index contributed by atoms with van der Waals surface area (Å²) in [6.45, 7) is 0.700. The maximum absolute atomic E-state index is 15.5. The van der Waals surface area contributed by atoms with E-state index in [1.54, 1.807) is 0 Å². The topological polar surface area (TPSA) is 23.5 Å². The summed E-state index contributed by atoms with van der Waals surface area (Å²) >= 11 is 0. The smallest absolute Gasteiger partial charge is 0.154 e. The first-order valence-corrected chi connectivity index (χ1v) is 8.47. The molecule has 2 nitrogen and oxygen atoms in total. The number of halogens is 1. The van der Waals surface area contributed by atoms with Crippen LogP contribution in [0.25, 0.3) is 22.3 Å². The maximum Gasteiger partial charge on any atom is 0.154 e. The van der Waals surface area contributed by atoms with Gasteiger partial charge >= 0.3 is 0 Å². The standard InChI is InChI=1S/C22H22FNO/c1-24(15-8-16-25)20-14-13-19(17-9-4-2-5-10-17)21(22(20)23)18-11-6-3-7-12-18/h2-7,9-14,25H,8,15-16H2,1H3.